The van der Waals surface area contributed by atoms with E-state index in [2.05, 4.69) is 36.4 Å². The first-order valence-corrected chi connectivity index (χ1v) is 19.3. The summed E-state index contributed by atoms with van der Waals surface area (Å²) in [6.07, 6.45) is 0. The Bertz CT molecular complexity index is 544. The first kappa shape index (κ1) is 16.0. The second-order valence-corrected chi connectivity index (χ2v) is 22.0. The summed E-state index contributed by atoms with van der Waals surface area (Å²) in [5, 5.41) is 1.76. The van der Waals surface area contributed by atoms with Gasteiger partial charge < -0.3 is 0 Å². The summed E-state index contributed by atoms with van der Waals surface area (Å²) in [7, 11) is 0. The van der Waals surface area contributed by atoms with Crippen LogP contribution in [0.4, 0.5) is 0 Å². The zero-order valence-corrected chi connectivity index (χ0v) is 18.5. The van der Waals surface area contributed by atoms with Crippen LogP contribution in [0.2, 0.25) is 10.0 Å². The van der Waals surface area contributed by atoms with E-state index in [1.807, 2.05) is 12.1 Å². The van der Waals surface area contributed by atoms with Crippen molar-refractivity contribution in [3.8, 4) is 0 Å². The van der Waals surface area contributed by atoms with Gasteiger partial charge in [0.1, 0.15) is 0 Å². The van der Waals surface area contributed by atoms with Crippen LogP contribution in [0.3, 0.4) is 0 Å². The van der Waals surface area contributed by atoms with Gasteiger partial charge in [-0.3, -0.25) is 0 Å². The molecule has 1 fully saturated rings. The van der Waals surface area contributed by atoms with Crippen LogP contribution in [0.5, 0.6) is 0 Å². The van der Waals surface area contributed by atoms with Crippen molar-refractivity contribution in [2.24, 2.45) is 0 Å². The Hall–Kier alpha value is 1.10. The van der Waals surface area contributed by atoms with Gasteiger partial charge in [-0.05, 0) is 0 Å². The zero-order valence-electron chi connectivity index (χ0n) is 10.2. The third kappa shape index (κ3) is 4.09. The van der Waals surface area contributed by atoms with Crippen molar-refractivity contribution in [2.75, 3.05) is 0 Å². The van der Waals surface area contributed by atoms with Crippen LogP contribution in [0.1, 0.15) is 18.6 Å². The second kappa shape index (κ2) is 7.58. The van der Waals surface area contributed by atoms with Crippen molar-refractivity contribution in [3.63, 3.8) is 0 Å². The number of benzene rings is 2. The second-order valence-electron chi connectivity index (χ2n) is 4.16. The summed E-state index contributed by atoms with van der Waals surface area (Å²) in [5.41, 5.74) is 2.96. The van der Waals surface area contributed by atoms with E-state index in [0.29, 0.717) is 0 Å². The number of halogens is 2. The van der Waals surface area contributed by atoms with Crippen molar-refractivity contribution in [2.45, 2.75) is 7.43 Å². The van der Waals surface area contributed by atoms with Gasteiger partial charge in [-0.1, -0.05) is 0 Å². The molecule has 20 heavy (non-hydrogen) atoms. The van der Waals surface area contributed by atoms with Crippen molar-refractivity contribution < 1.29 is 0 Å². The Labute approximate surface area is 151 Å². The van der Waals surface area contributed by atoms with Gasteiger partial charge in [-0.15, -0.1) is 0 Å². The molecule has 0 radical (unpaired) electrons. The number of hydrogen-bond acceptors (Lipinski definition) is 0. The molecule has 0 atom stereocenters. The zero-order chi connectivity index (χ0) is 13.9. The summed E-state index contributed by atoms with van der Waals surface area (Å²) in [4.78, 5) is 0. The maximum absolute atomic E-state index is 6.12. The predicted octanol–water partition coefficient (Wildman–Crippen LogP) is 3.35. The van der Waals surface area contributed by atoms with E-state index in [9.17, 15) is 0 Å². The molecule has 1 heterocycles. The normalized spacial score (nSPS) is 22.7. The van der Waals surface area contributed by atoms with Gasteiger partial charge >= 0.3 is 153 Å². The molecule has 0 amide bonds. The van der Waals surface area contributed by atoms with Crippen LogP contribution < -0.4 is 0 Å². The number of rotatable bonds is 2. The standard InChI is InChI=1S/C14H10Cl2Se4/c15-11-5-1-3-9(7-11)13-17-19-14(20-18-13)10-4-2-6-12(16)8-10/h1-8,13-14H. The van der Waals surface area contributed by atoms with E-state index in [-0.39, 0.29) is 0 Å². The fourth-order valence-electron chi connectivity index (χ4n) is 1.76. The molecule has 1 saturated heterocycles. The summed E-state index contributed by atoms with van der Waals surface area (Å²) < 4.78 is 1.67. The Morgan fingerprint density at radius 1 is 0.650 bits per heavy atom. The van der Waals surface area contributed by atoms with Gasteiger partial charge in [0, 0.05) is 0 Å². The molecule has 0 spiro atoms. The fraction of sp³-hybridized carbons (Fsp3) is 0.143. The SMILES string of the molecule is Clc1cccc(C2[Se][Se]C(c3cccc(Cl)c3)[Se][Se]2)c1. The molecule has 1 aliphatic rings. The average Bonchev–Trinajstić information content (AvgIpc) is 2.47. The summed E-state index contributed by atoms with van der Waals surface area (Å²) >= 11 is 15.2. The Morgan fingerprint density at radius 3 is 1.40 bits per heavy atom. The van der Waals surface area contributed by atoms with Crippen molar-refractivity contribution in [1.82, 2.24) is 0 Å². The molecule has 0 aliphatic carbocycles. The van der Waals surface area contributed by atoms with Crippen molar-refractivity contribution >= 4 is 75.7 Å². The summed E-state index contributed by atoms with van der Waals surface area (Å²) in [5.74, 6) is 0. The van der Waals surface area contributed by atoms with E-state index in [1.165, 1.54) is 11.1 Å². The van der Waals surface area contributed by atoms with Gasteiger partial charge in [-0.25, -0.2) is 0 Å². The van der Waals surface area contributed by atoms with Crippen LogP contribution in [0.15, 0.2) is 48.5 Å². The molecule has 2 aromatic rings. The van der Waals surface area contributed by atoms with Crippen molar-refractivity contribution in [1.29, 1.82) is 0 Å². The van der Waals surface area contributed by atoms with Crippen LogP contribution >= 0.6 is 23.2 Å². The minimum absolute atomic E-state index is 0.741. The van der Waals surface area contributed by atoms with E-state index >= 15 is 0 Å². The third-order valence-electron chi connectivity index (χ3n) is 2.70. The molecular formula is C14H10Cl2Se4. The summed E-state index contributed by atoms with van der Waals surface area (Å²) in [6.45, 7) is 0. The average molecular weight is 565 g/mol. The molecule has 2 aromatic carbocycles. The number of hydrogen-bond donors (Lipinski definition) is 0. The molecule has 0 N–H and O–H groups in total. The third-order valence-corrected chi connectivity index (χ3v) is 35.2. The molecule has 0 saturated carbocycles. The Morgan fingerprint density at radius 2 is 1.05 bits per heavy atom. The molecule has 0 unspecified atom stereocenters. The Balaban J connectivity index is 1.68. The first-order valence-electron chi connectivity index (χ1n) is 5.87. The molecule has 1 aliphatic heterocycles. The molecule has 0 bridgehead atoms. The topological polar surface area (TPSA) is 0 Å². The maximum atomic E-state index is 6.12. The van der Waals surface area contributed by atoms with E-state index < -0.39 is 0 Å². The quantitative estimate of drug-likeness (QED) is 0.491. The summed E-state index contributed by atoms with van der Waals surface area (Å²) in [6, 6.07) is 17.0. The predicted molar refractivity (Wildman–Crippen MR) is 91.4 cm³/mol. The van der Waals surface area contributed by atoms with Crippen LogP contribution in [0.25, 0.3) is 0 Å². The fourth-order valence-corrected chi connectivity index (χ4v) is 48.0. The molecule has 0 nitrogen and oxygen atoms in total. The monoisotopic (exact) mass is 568 g/mol. The van der Waals surface area contributed by atoms with Crippen LogP contribution in [-0.4, -0.2) is 52.5 Å². The molecule has 6 heteroatoms. The Kier molecular flexibility index (Phi) is 6.05. The van der Waals surface area contributed by atoms with Gasteiger partial charge in [0.25, 0.3) is 0 Å². The van der Waals surface area contributed by atoms with Gasteiger partial charge in [-0.2, -0.15) is 0 Å². The molecule has 104 valence electrons. The molecule has 3 rings (SSSR count). The minimum atomic E-state index is 0.741. The molecule has 0 aromatic heterocycles. The van der Waals surface area contributed by atoms with Crippen LogP contribution in [0, 0.1) is 0 Å². The van der Waals surface area contributed by atoms with Crippen LogP contribution in [-0.2, 0) is 0 Å². The molecular weight excluding hydrogens is 555 g/mol. The van der Waals surface area contributed by atoms with E-state index in [4.69, 9.17) is 23.2 Å². The first-order chi connectivity index (χ1) is 9.72. The van der Waals surface area contributed by atoms with Gasteiger partial charge in [0.15, 0.2) is 0 Å². The van der Waals surface area contributed by atoms with Crippen molar-refractivity contribution in [3.05, 3.63) is 69.7 Å². The van der Waals surface area contributed by atoms with Gasteiger partial charge in [0.2, 0.25) is 0 Å². The van der Waals surface area contributed by atoms with E-state index in [0.717, 1.165) is 70.0 Å². The van der Waals surface area contributed by atoms with Gasteiger partial charge in [0.05, 0.1) is 0 Å². The van der Waals surface area contributed by atoms with E-state index in [1.54, 1.807) is 0 Å².